The van der Waals surface area contributed by atoms with Crippen LogP contribution in [0.2, 0.25) is 0 Å². The van der Waals surface area contributed by atoms with Crippen LogP contribution < -0.4 is 16.2 Å². The van der Waals surface area contributed by atoms with Gasteiger partial charge in [0, 0.05) is 16.8 Å². The highest BCUT2D eigenvalue weighted by Gasteiger charge is 2.10. The van der Waals surface area contributed by atoms with Crippen LogP contribution in [0.4, 0.5) is 0 Å². The van der Waals surface area contributed by atoms with Crippen LogP contribution in [-0.2, 0) is 6.54 Å². The molecule has 0 saturated heterocycles. The Labute approximate surface area is 146 Å². The van der Waals surface area contributed by atoms with Gasteiger partial charge in [-0.05, 0) is 36.7 Å². The van der Waals surface area contributed by atoms with E-state index in [0.29, 0.717) is 23.1 Å². The van der Waals surface area contributed by atoms with E-state index in [0.717, 1.165) is 5.56 Å². The van der Waals surface area contributed by atoms with E-state index in [1.807, 2.05) is 30.5 Å². The van der Waals surface area contributed by atoms with E-state index < -0.39 is 0 Å². The lowest BCUT2D eigenvalue weighted by atomic mass is 10.1. The molecular weight excluding hydrogens is 326 g/mol. The number of hydrogen-bond acceptors (Lipinski definition) is 3. The Morgan fingerprint density at radius 3 is 2.52 bits per heavy atom. The van der Waals surface area contributed by atoms with Crippen LogP contribution >= 0.6 is 23.6 Å². The van der Waals surface area contributed by atoms with E-state index in [-0.39, 0.29) is 5.91 Å². The number of carbonyl (C=O) groups is 1. The van der Waals surface area contributed by atoms with Crippen LogP contribution in [0.5, 0.6) is 0 Å². The van der Waals surface area contributed by atoms with Gasteiger partial charge in [-0.1, -0.05) is 43.7 Å². The second-order valence-electron chi connectivity index (χ2n) is 5.64. The fourth-order valence-electron chi connectivity index (χ4n) is 1.89. The van der Waals surface area contributed by atoms with Crippen molar-refractivity contribution in [1.82, 2.24) is 16.2 Å². The lowest BCUT2D eigenvalue weighted by molar-refractivity contribution is 0.0944. The molecule has 23 heavy (non-hydrogen) atoms. The van der Waals surface area contributed by atoms with Crippen molar-refractivity contribution in [2.45, 2.75) is 33.2 Å². The minimum atomic E-state index is -0.187. The predicted octanol–water partition coefficient (Wildman–Crippen LogP) is 3.49. The van der Waals surface area contributed by atoms with Gasteiger partial charge in [0.2, 0.25) is 0 Å². The molecule has 0 saturated carbocycles. The molecule has 0 bridgehead atoms. The van der Waals surface area contributed by atoms with Crippen LogP contribution in [0, 0.1) is 6.92 Å². The second kappa shape index (κ2) is 8.08. The van der Waals surface area contributed by atoms with Gasteiger partial charge in [0.15, 0.2) is 5.11 Å². The number of thiocarbonyl (C=S) groups is 1. The Morgan fingerprint density at radius 1 is 1.22 bits per heavy atom. The maximum atomic E-state index is 12.0. The largest absolute Gasteiger partial charge is 0.357 e. The molecular formula is C17H21N3OS2. The smallest absolute Gasteiger partial charge is 0.270 e. The third kappa shape index (κ3) is 5.33. The number of hydrazine groups is 1. The normalized spacial score (nSPS) is 10.4. The topological polar surface area (TPSA) is 53.2 Å². The Balaban J connectivity index is 1.77. The SMILES string of the molecule is Cc1ccc(CNC(=S)NNC(=O)c2csc(C(C)C)c2)cc1. The summed E-state index contributed by atoms with van der Waals surface area (Å²) in [5.41, 5.74) is 8.33. The minimum Gasteiger partial charge on any atom is -0.357 e. The molecule has 0 aliphatic rings. The van der Waals surface area contributed by atoms with Gasteiger partial charge in [-0.25, -0.2) is 0 Å². The van der Waals surface area contributed by atoms with Gasteiger partial charge < -0.3 is 5.32 Å². The molecule has 4 nitrogen and oxygen atoms in total. The molecule has 122 valence electrons. The van der Waals surface area contributed by atoms with E-state index in [4.69, 9.17) is 12.2 Å². The van der Waals surface area contributed by atoms with Crippen LogP contribution in [0.1, 0.15) is 46.1 Å². The average Bonchev–Trinajstić information content (AvgIpc) is 3.02. The van der Waals surface area contributed by atoms with Crippen molar-refractivity contribution >= 4 is 34.6 Å². The zero-order valence-corrected chi connectivity index (χ0v) is 15.1. The van der Waals surface area contributed by atoms with Gasteiger partial charge in [0.25, 0.3) is 5.91 Å². The maximum absolute atomic E-state index is 12.0. The predicted molar refractivity (Wildman–Crippen MR) is 99.6 cm³/mol. The molecule has 0 fully saturated rings. The summed E-state index contributed by atoms with van der Waals surface area (Å²) in [6.45, 7) is 6.87. The number of amides is 1. The average molecular weight is 348 g/mol. The first-order valence-corrected chi connectivity index (χ1v) is 8.72. The third-order valence-corrected chi connectivity index (χ3v) is 4.79. The van der Waals surface area contributed by atoms with Crippen molar-refractivity contribution in [3.8, 4) is 0 Å². The summed E-state index contributed by atoms with van der Waals surface area (Å²) in [5.74, 6) is 0.236. The van der Waals surface area contributed by atoms with Gasteiger partial charge in [0.05, 0.1) is 5.56 Å². The first kappa shape index (κ1) is 17.4. The van der Waals surface area contributed by atoms with E-state index >= 15 is 0 Å². The molecule has 1 heterocycles. The number of nitrogens with one attached hydrogen (secondary N) is 3. The van der Waals surface area contributed by atoms with Crippen LogP contribution in [0.15, 0.2) is 35.7 Å². The molecule has 0 radical (unpaired) electrons. The first-order chi connectivity index (χ1) is 11.0. The zero-order valence-electron chi connectivity index (χ0n) is 13.5. The fourth-order valence-corrected chi connectivity index (χ4v) is 2.92. The van der Waals surface area contributed by atoms with E-state index in [1.54, 1.807) is 11.3 Å². The summed E-state index contributed by atoms with van der Waals surface area (Å²) in [7, 11) is 0. The lowest BCUT2D eigenvalue weighted by Crippen LogP contribution is -2.46. The van der Waals surface area contributed by atoms with Crippen LogP contribution in [-0.4, -0.2) is 11.0 Å². The van der Waals surface area contributed by atoms with Crippen molar-refractivity contribution < 1.29 is 4.79 Å². The number of thiophene rings is 1. The summed E-state index contributed by atoms with van der Waals surface area (Å²) in [5, 5.41) is 5.30. The van der Waals surface area contributed by atoms with Crippen molar-refractivity contribution in [2.75, 3.05) is 0 Å². The highest BCUT2D eigenvalue weighted by Crippen LogP contribution is 2.22. The lowest BCUT2D eigenvalue weighted by Gasteiger charge is -2.11. The van der Waals surface area contributed by atoms with Crippen molar-refractivity contribution in [3.63, 3.8) is 0 Å². The zero-order chi connectivity index (χ0) is 16.8. The Morgan fingerprint density at radius 2 is 1.91 bits per heavy atom. The third-order valence-electron chi connectivity index (χ3n) is 3.31. The van der Waals surface area contributed by atoms with Crippen molar-refractivity contribution in [2.24, 2.45) is 0 Å². The van der Waals surface area contributed by atoms with E-state index in [9.17, 15) is 4.79 Å². The van der Waals surface area contributed by atoms with Crippen LogP contribution in [0.25, 0.3) is 0 Å². The monoisotopic (exact) mass is 347 g/mol. The molecule has 1 aromatic heterocycles. The van der Waals surface area contributed by atoms with Crippen molar-refractivity contribution in [1.29, 1.82) is 0 Å². The van der Waals surface area contributed by atoms with Gasteiger partial charge in [-0.15, -0.1) is 11.3 Å². The van der Waals surface area contributed by atoms with E-state index in [2.05, 4.69) is 42.1 Å². The highest BCUT2D eigenvalue weighted by molar-refractivity contribution is 7.80. The summed E-state index contributed by atoms with van der Waals surface area (Å²) >= 11 is 6.75. The molecule has 1 amide bonds. The van der Waals surface area contributed by atoms with Gasteiger partial charge in [-0.2, -0.15) is 0 Å². The number of rotatable bonds is 4. The van der Waals surface area contributed by atoms with Crippen LogP contribution in [0.3, 0.4) is 0 Å². The maximum Gasteiger partial charge on any atom is 0.270 e. The molecule has 1 aromatic carbocycles. The number of carbonyl (C=O) groups excluding carboxylic acids is 1. The number of aryl methyl sites for hydroxylation is 1. The van der Waals surface area contributed by atoms with Gasteiger partial charge >= 0.3 is 0 Å². The summed E-state index contributed by atoms with van der Waals surface area (Å²) in [4.78, 5) is 13.2. The molecule has 0 aliphatic carbocycles. The van der Waals surface area contributed by atoms with Gasteiger partial charge in [0.1, 0.15) is 0 Å². The molecule has 0 unspecified atom stereocenters. The van der Waals surface area contributed by atoms with Crippen molar-refractivity contribution in [3.05, 3.63) is 57.3 Å². The molecule has 0 spiro atoms. The molecule has 2 aromatic rings. The Bertz CT molecular complexity index is 677. The number of benzene rings is 1. The molecule has 0 aliphatic heterocycles. The molecule has 6 heteroatoms. The molecule has 3 N–H and O–H groups in total. The quantitative estimate of drug-likeness (QED) is 0.585. The fraction of sp³-hybridized carbons (Fsp3) is 0.294. The summed E-state index contributed by atoms with van der Waals surface area (Å²) in [6, 6.07) is 10.1. The van der Waals surface area contributed by atoms with Gasteiger partial charge in [-0.3, -0.25) is 15.6 Å². The minimum absolute atomic E-state index is 0.187. The second-order valence-corrected chi connectivity index (χ2v) is 6.99. The van der Waals surface area contributed by atoms with E-state index in [1.165, 1.54) is 10.4 Å². The Kier molecular flexibility index (Phi) is 6.12. The molecule has 0 atom stereocenters. The Hall–Kier alpha value is -1.92. The summed E-state index contributed by atoms with van der Waals surface area (Å²) in [6.07, 6.45) is 0. The highest BCUT2D eigenvalue weighted by atomic mass is 32.1. The first-order valence-electron chi connectivity index (χ1n) is 7.44. The summed E-state index contributed by atoms with van der Waals surface area (Å²) < 4.78 is 0. The molecule has 2 rings (SSSR count). The number of hydrogen-bond donors (Lipinski definition) is 3. The standard InChI is InChI=1S/C17H21N3OS2/c1-11(2)15-8-14(10-23-15)16(21)19-20-17(22)18-9-13-6-4-12(3)5-7-13/h4-8,10-11H,9H2,1-3H3,(H,19,21)(H2,18,20,22).